The maximum absolute atomic E-state index is 13.0. The molecule has 2 amide bonds. The van der Waals surface area contributed by atoms with E-state index in [0.29, 0.717) is 42.5 Å². The zero-order valence-corrected chi connectivity index (χ0v) is 17.8. The van der Waals surface area contributed by atoms with Crippen molar-refractivity contribution in [3.8, 4) is 5.75 Å². The molecule has 3 rings (SSSR count). The van der Waals surface area contributed by atoms with E-state index >= 15 is 0 Å². The number of benzene rings is 1. The first-order chi connectivity index (χ1) is 14.5. The van der Waals surface area contributed by atoms with Gasteiger partial charge in [-0.3, -0.25) is 9.59 Å². The Kier molecular flexibility index (Phi) is 7.42. The Morgan fingerprint density at radius 1 is 1.17 bits per heavy atom. The molecule has 0 bridgehead atoms. The number of nitrogens with one attached hydrogen (secondary N) is 1. The number of hydrogen-bond acceptors (Lipinski definition) is 7. The Labute approximate surface area is 178 Å². The number of amides is 2. The first-order valence-corrected chi connectivity index (χ1v) is 10.5. The molecule has 0 aliphatic carbocycles. The van der Waals surface area contributed by atoms with E-state index in [0.717, 1.165) is 11.3 Å². The molecule has 1 aliphatic heterocycles. The van der Waals surface area contributed by atoms with Gasteiger partial charge in [-0.15, -0.1) is 11.3 Å². The third kappa shape index (κ3) is 5.17. The molecular weight excluding hydrogens is 408 g/mol. The Morgan fingerprint density at radius 2 is 1.87 bits per heavy atom. The highest BCUT2D eigenvalue weighted by atomic mass is 32.1. The van der Waals surface area contributed by atoms with E-state index in [1.165, 1.54) is 0 Å². The lowest BCUT2D eigenvalue weighted by atomic mass is 10.1. The van der Waals surface area contributed by atoms with Crippen LogP contribution in [0, 0.1) is 6.92 Å². The number of para-hydroxylation sites is 1. The van der Waals surface area contributed by atoms with Crippen molar-refractivity contribution in [1.29, 1.82) is 0 Å². The number of hydrogen-bond donors (Lipinski definition) is 1. The Hall–Kier alpha value is -2.91. The summed E-state index contributed by atoms with van der Waals surface area (Å²) >= 11 is 1.07. The van der Waals surface area contributed by atoms with Crippen LogP contribution in [-0.2, 0) is 14.3 Å². The molecule has 0 atom stereocenters. The summed E-state index contributed by atoms with van der Waals surface area (Å²) in [5.74, 6) is -0.640. The van der Waals surface area contributed by atoms with Crippen LogP contribution in [0.2, 0.25) is 0 Å². The molecule has 0 radical (unpaired) electrons. The van der Waals surface area contributed by atoms with Gasteiger partial charge in [0.25, 0.3) is 11.8 Å². The largest absolute Gasteiger partial charge is 0.484 e. The third-order valence-corrected chi connectivity index (χ3v) is 5.68. The molecule has 1 N–H and O–H groups in total. The number of carbonyl (C=O) groups is 3. The van der Waals surface area contributed by atoms with Crippen molar-refractivity contribution < 1.29 is 28.6 Å². The van der Waals surface area contributed by atoms with Gasteiger partial charge in [-0.05, 0) is 31.5 Å². The fourth-order valence-corrected chi connectivity index (χ4v) is 4.17. The lowest BCUT2D eigenvalue weighted by molar-refractivity contribution is -0.118. The molecule has 8 nitrogen and oxygen atoms in total. The Morgan fingerprint density at radius 3 is 2.53 bits per heavy atom. The van der Waals surface area contributed by atoms with Gasteiger partial charge in [-0.2, -0.15) is 0 Å². The highest BCUT2D eigenvalue weighted by Crippen LogP contribution is 2.34. The van der Waals surface area contributed by atoms with Crippen LogP contribution >= 0.6 is 11.3 Å². The molecule has 160 valence electrons. The van der Waals surface area contributed by atoms with Gasteiger partial charge in [-0.1, -0.05) is 18.2 Å². The number of anilines is 1. The second-order valence-electron chi connectivity index (χ2n) is 6.54. The molecule has 2 aromatic rings. The standard InChI is InChI=1S/C21H24N2O6S/c1-3-28-21(26)17-14(2)18(20(25)23-9-11-27-12-10-23)30-19(17)22-16(24)13-29-15-7-5-4-6-8-15/h4-8H,3,9-13H2,1-2H3,(H,22,24). The first-order valence-electron chi connectivity index (χ1n) is 9.66. The minimum absolute atomic E-state index is 0.186. The van der Waals surface area contributed by atoms with Crippen molar-refractivity contribution in [2.45, 2.75) is 13.8 Å². The van der Waals surface area contributed by atoms with Gasteiger partial charge in [0, 0.05) is 13.1 Å². The monoisotopic (exact) mass is 432 g/mol. The van der Waals surface area contributed by atoms with Crippen molar-refractivity contribution in [3.05, 3.63) is 46.3 Å². The lowest BCUT2D eigenvalue weighted by Gasteiger charge is -2.26. The van der Waals surface area contributed by atoms with Crippen LogP contribution in [0.1, 0.15) is 32.5 Å². The topological polar surface area (TPSA) is 94.2 Å². The zero-order valence-electron chi connectivity index (χ0n) is 16.9. The number of morpholine rings is 1. The summed E-state index contributed by atoms with van der Waals surface area (Å²) in [6.45, 7) is 5.26. The average molecular weight is 432 g/mol. The molecule has 0 unspecified atom stereocenters. The second kappa shape index (κ2) is 10.2. The predicted octanol–water partition coefficient (Wildman–Crippen LogP) is 2.72. The number of rotatable bonds is 7. The molecule has 30 heavy (non-hydrogen) atoms. The minimum Gasteiger partial charge on any atom is -0.484 e. The average Bonchev–Trinajstić information content (AvgIpc) is 3.09. The summed E-state index contributed by atoms with van der Waals surface area (Å²) in [6, 6.07) is 8.94. The van der Waals surface area contributed by atoms with Crippen molar-refractivity contribution >= 4 is 34.1 Å². The normalized spacial score (nSPS) is 13.6. The van der Waals surface area contributed by atoms with E-state index in [-0.39, 0.29) is 29.7 Å². The van der Waals surface area contributed by atoms with Crippen molar-refractivity contribution in [2.75, 3.05) is 44.8 Å². The van der Waals surface area contributed by atoms with E-state index in [4.69, 9.17) is 14.2 Å². The number of carbonyl (C=O) groups excluding carboxylic acids is 3. The number of esters is 1. The quantitative estimate of drug-likeness (QED) is 0.676. The maximum atomic E-state index is 13.0. The highest BCUT2D eigenvalue weighted by Gasteiger charge is 2.29. The van der Waals surface area contributed by atoms with Crippen molar-refractivity contribution in [2.24, 2.45) is 0 Å². The van der Waals surface area contributed by atoms with E-state index in [9.17, 15) is 14.4 Å². The highest BCUT2D eigenvalue weighted by molar-refractivity contribution is 7.18. The molecule has 1 saturated heterocycles. The van der Waals surface area contributed by atoms with Crippen molar-refractivity contribution in [3.63, 3.8) is 0 Å². The van der Waals surface area contributed by atoms with E-state index in [1.54, 1.807) is 43.0 Å². The molecule has 1 aromatic heterocycles. The number of thiophene rings is 1. The number of nitrogens with zero attached hydrogens (tertiary/aromatic N) is 1. The van der Waals surface area contributed by atoms with Gasteiger partial charge in [0.15, 0.2) is 6.61 Å². The summed E-state index contributed by atoms with van der Waals surface area (Å²) in [5.41, 5.74) is 0.695. The van der Waals surface area contributed by atoms with Crippen LogP contribution in [0.3, 0.4) is 0 Å². The zero-order chi connectivity index (χ0) is 21.5. The van der Waals surface area contributed by atoms with Crippen molar-refractivity contribution in [1.82, 2.24) is 4.90 Å². The summed E-state index contributed by atoms with van der Waals surface area (Å²) < 4.78 is 15.9. The Bertz CT molecular complexity index is 906. The summed E-state index contributed by atoms with van der Waals surface area (Å²) in [4.78, 5) is 40.0. The van der Waals surface area contributed by atoms with Gasteiger partial charge < -0.3 is 24.4 Å². The van der Waals surface area contributed by atoms with Crippen LogP contribution in [-0.4, -0.2) is 62.2 Å². The molecule has 1 aliphatic rings. The SMILES string of the molecule is CCOC(=O)c1c(NC(=O)COc2ccccc2)sc(C(=O)N2CCOCC2)c1C. The van der Waals surface area contributed by atoms with E-state index < -0.39 is 11.9 Å². The lowest BCUT2D eigenvalue weighted by Crippen LogP contribution is -2.40. The molecule has 0 spiro atoms. The Balaban J connectivity index is 1.79. The van der Waals surface area contributed by atoms with Gasteiger partial charge in [0.1, 0.15) is 10.8 Å². The van der Waals surface area contributed by atoms with Crippen LogP contribution < -0.4 is 10.1 Å². The fraction of sp³-hybridized carbons (Fsp3) is 0.381. The summed E-state index contributed by atoms with van der Waals surface area (Å²) in [7, 11) is 0. The second-order valence-corrected chi connectivity index (χ2v) is 7.56. The molecular formula is C21H24N2O6S. The molecule has 1 fully saturated rings. The summed E-state index contributed by atoms with van der Waals surface area (Å²) in [5, 5.41) is 2.98. The fourth-order valence-electron chi connectivity index (χ4n) is 2.99. The minimum atomic E-state index is -0.577. The van der Waals surface area contributed by atoms with Crippen LogP contribution in [0.25, 0.3) is 0 Å². The smallest absolute Gasteiger partial charge is 0.341 e. The van der Waals surface area contributed by atoms with Crippen LogP contribution in [0.4, 0.5) is 5.00 Å². The first kappa shape index (κ1) is 21.8. The molecule has 2 heterocycles. The molecule has 0 saturated carbocycles. The molecule has 1 aromatic carbocycles. The third-order valence-electron chi connectivity index (χ3n) is 4.48. The van der Waals surface area contributed by atoms with Gasteiger partial charge in [0.2, 0.25) is 0 Å². The van der Waals surface area contributed by atoms with Gasteiger partial charge in [-0.25, -0.2) is 4.79 Å². The van der Waals surface area contributed by atoms with E-state index in [2.05, 4.69) is 5.32 Å². The van der Waals surface area contributed by atoms with E-state index in [1.807, 2.05) is 6.07 Å². The summed E-state index contributed by atoms with van der Waals surface area (Å²) in [6.07, 6.45) is 0. The number of ether oxygens (including phenoxy) is 3. The van der Waals surface area contributed by atoms with Crippen LogP contribution in [0.15, 0.2) is 30.3 Å². The predicted molar refractivity (Wildman–Crippen MR) is 112 cm³/mol. The maximum Gasteiger partial charge on any atom is 0.341 e. The van der Waals surface area contributed by atoms with Gasteiger partial charge in [0.05, 0.1) is 30.3 Å². The molecule has 9 heteroatoms. The van der Waals surface area contributed by atoms with Crippen LogP contribution in [0.5, 0.6) is 5.75 Å². The van der Waals surface area contributed by atoms with Gasteiger partial charge >= 0.3 is 5.97 Å².